The minimum absolute atomic E-state index is 0.145. The Morgan fingerprint density at radius 3 is 2.55 bits per heavy atom. The molecule has 1 amide bonds. The van der Waals surface area contributed by atoms with Crippen LogP contribution in [0.4, 0.5) is 5.82 Å². The van der Waals surface area contributed by atoms with Crippen LogP contribution in [-0.2, 0) is 30.8 Å². The third-order valence-corrected chi connectivity index (χ3v) is 5.53. The Kier molecular flexibility index (Phi) is 8.24. The first-order valence-corrected chi connectivity index (χ1v) is 11.9. The largest absolute Gasteiger partial charge is 0.330 e. The highest BCUT2D eigenvalue weighted by atomic mass is 16.2. The maximum Gasteiger partial charge on any atom is 0.330 e. The summed E-state index contributed by atoms with van der Waals surface area (Å²) in [4.78, 5) is 44.9. The number of anilines is 1. The minimum atomic E-state index is -0.445. The van der Waals surface area contributed by atoms with Gasteiger partial charge in [0.05, 0.1) is 6.20 Å². The van der Waals surface area contributed by atoms with E-state index in [-0.39, 0.29) is 18.2 Å². The highest BCUT2D eigenvalue weighted by Gasteiger charge is 2.20. The fraction of sp³-hybridized carbons (Fsp3) is 0.609. The number of hydrogen-bond donors (Lipinski definition) is 2. The molecule has 0 aliphatic rings. The molecule has 0 unspecified atom stereocenters. The molecule has 0 atom stereocenters. The molecule has 0 aromatic carbocycles. The quantitative estimate of drug-likeness (QED) is 0.433. The maximum atomic E-state index is 12.7. The standard InChI is InChI=1S/C23H35N7O3/c1-5-7-13-28-21-20(22(32)27-23(28)33)29(15-16(3)4)17(26-21)9-10-19(31)25-18-11-12-24-30(18)14-8-6-2/h11-12,16H,5-10,13-15H2,1-4H3,(H,25,31)(H,27,32,33). The summed E-state index contributed by atoms with van der Waals surface area (Å²) in [5.74, 6) is 1.43. The number of nitrogens with zero attached hydrogens (tertiary/aromatic N) is 5. The van der Waals surface area contributed by atoms with Gasteiger partial charge in [-0.05, 0) is 18.8 Å². The third kappa shape index (κ3) is 5.80. The summed E-state index contributed by atoms with van der Waals surface area (Å²) in [5.41, 5.74) is -0.0930. The van der Waals surface area contributed by atoms with Crippen molar-refractivity contribution in [2.24, 2.45) is 5.92 Å². The molecule has 0 saturated carbocycles. The van der Waals surface area contributed by atoms with Crippen molar-refractivity contribution in [2.45, 2.75) is 85.9 Å². The molecule has 10 heteroatoms. The summed E-state index contributed by atoms with van der Waals surface area (Å²) in [7, 11) is 0. The molecular weight excluding hydrogens is 422 g/mol. The van der Waals surface area contributed by atoms with Gasteiger partial charge in [0, 0.05) is 38.5 Å². The second kappa shape index (κ2) is 11.1. The van der Waals surface area contributed by atoms with Crippen molar-refractivity contribution in [1.82, 2.24) is 28.9 Å². The van der Waals surface area contributed by atoms with E-state index in [0.29, 0.717) is 42.3 Å². The molecule has 0 aliphatic carbocycles. The number of carbonyl (C=O) groups is 1. The second-order valence-electron chi connectivity index (χ2n) is 8.81. The van der Waals surface area contributed by atoms with Crippen molar-refractivity contribution in [3.63, 3.8) is 0 Å². The Bertz CT molecular complexity index is 1200. The number of hydrogen-bond acceptors (Lipinski definition) is 5. The van der Waals surface area contributed by atoms with E-state index in [9.17, 15) is 14.4 Å². The number of carbonyl (C=O) groups excluding carboxylic acids is 1. The van der Waals surface area contributed by atoms with Gasteiger partial charge in [-0.15, -0.1) is 0 Å². The van der Waals surface area contributed by atoms with Crippen LogP contribution in [0.15, 0.2) is 21.9 Å². The van der Waals surface area contributed by atoms with Crippen LogP contribution >= 0.6 is 0 Å². The normalized spacial score (nSPS) is 11.5. The second-order valence-corrected chi connectivity index (χ2v) is 8.81. The summed E-state index contributed by atoms with van der Waals surface area (Å²) in [6, 6.07) is 1.79. The molecule has 33 heavy (non-hydrogen) atoms. The van der Waals surface area contributed by atoms with Gasteiger partial charge in [0.1, 0.15) is 11.6 Å². The van der Waals surface area contributed by atoms with Crippen molar-refractivity contribution in [2.75, 3.05) is 5.32 Å². The predicted molar refractivity (Wildman–Crippen MR) is 128 cm³/mol. The van der Waals surface area contributed by atoms with Crippen molar-refractivity contribution in [3.8, 4) is 0 Å². The van der Waals surface area contributed by atoms with E-state index < -0.39 is 11.2 Å². The van der Waals surface area contributed by atoms with E-state index in [4.69, 9.17) is 0 Å². The molecule has 0 fully saturated rings. The molecule has 0 aliphatic heterocycles. The summed E-state index contributed by atoms with van der Waals surface area (Å²) in [6.45, 7) is 10.1. The fourth-order valence-corrected chi connectivity index (χ4v) is 3.85. The molecule has 180 valence electrons. The molecule has 0 radical (unpaired) electrons. The van der Waals surface area contributed by atoms with Gasteiger partial charge in [0.25, 0.3) is 5.56 Å². The van der Waals surface area contributed by atoms with Gasteiger partial charge in [0.2, 0.25) is 5.91 Å². The van der Waals surface area contributed by atoms with Crippen LogP contribution in [0.3, 0.4) is 0 Å². The Morgan fingerprint density at radius 2 is 1.85 bits per heavy atom. The zero-order valence-electron chi connectivity index (χ0n) is 20.1. The lowest BCUT2D eigenvalue weighted by molar-refractivity contribution is -0.116. The first kappa shape index (κ1) is 24.5. The highest BCUT2D eigenvalue weighted by molar-refractivity contribution is 5.90. The van der Waals surface area contributed by atoms with Crippen molar-refractivity contribution < 1.29 is 4.79 Å². The lowest BCUT2D eigenvalue weighted by atomic mass is 10.2. The third-order valence-electron chi connectivity index (χ3n) is 5.53. The van der Waals surface area contributed by atoms with Crippen LogP contribution in [0.1, 0.15) is 65.6 Å². The number of aryl methyl sites for hydroxylation is 3. The first-order chi connectivity index (χ1) is 15.8. The minimum Gasteiger partial charge on any atom is -0.322 e. The molecule has 0 spiro atoms. The molecule has 3 rings (SSSR count). The molecule has 3 aromatic heterocycles. The number of imidazole rings is 1. The number of fused-ring (bicyclic) bond motifs is 1. The molecule has 0 bridgehead atoms. The monoisotopic (exact) mass is 457 g/mol. The van der Waals surface area contributed by atoms with E-state index in [1.807, 2.05) is 11.5 Å². The molecule has 3 heterocycles. The van der Waals surface area contributed by atoms with E-state index in [0.717, 1.165) is 32.2 Å². The highest BCUT2D eigenvalue weighted by Crippen LogP contribution is 2.17. The molecule has 3 aromatic rings. The van der Waals surface area contributed by atoms with Crippen LogP contribution in [0.2, 0.25) is 0 Å². The Balaban J connectivity index is 1.87. The van der Waals surface area contributed by atoms with E-state index in [2.05, 4.69) is 41.2 Å². The van der Waals surface area contributed by atoms with Crippen LogP contribution in [0, 0.1) is 5.92 Å². The molecule has 2 N–H and O–H groups in total. The topological polar surface area (TPSA) is 120 Å². The molecule has 0 saturated heterocycles. The number of aromatic amines is 1. The lowest BCUT2D eigenvalue weighted by Gasteiger charge is -2.12. The predicted octanol–water partition coefficient (Wildman–Crippen LogP) is 2.91. The van der Waals surface area contributed by atoms with E-state index in [1.54, 1.807) is 16.9 Å². The summed E-state index contributed by atoms with van der Waals surface area (Å²) in [5, 5.41) is 7.19. The molecular formula is C23H35N7O3. The maximum absolute atomic E-state index is 12.7. The summed E-state index contributed by atoms with van der Waals surface area (Å²) >= 11 is 0. The van der Waals surface area contributed by atoms with Crippen molar-refractivity contribution >= 4 is 22.9 Å². The Labute approximate surface area is 193 Å². The average Bonchev–Trinajstić information content (AvgIpc) is 3.34. The van der Waals surface area contributed by atoms with Crippen molar-refractivity contribution in [3.05, 3.63) is 38.9 Å². The number of rotatable bonds is 12. The number of amides is 1. The van der Waals surface area contributed by atoms with Crippen LogP contribution in [-0.4, -0.2) is 34.8 Å². The van der Waals surface area contributed by atoms with Gasteiger partial charge < -0.3 is 9.88 Å². The SMILES string of the molecule is CCCCn1nccc1NC(=O)CCc1nc2c(c(=O)[nH]c(=O)n2CCCC)n1CC(C)C. The van der Waals surface area contributed by atoms with Crippen molar-refractivity contribution in [1.29, 1.82) is 0 Å². The number of aromatic nitrogens is 6. The van der Waals surface area contributed by atoms with Gasteiger partial charge >= 0.3 is 5.69 Å². The van der Waals surface area contributed by atoms with Crippen LogP contribution in [0.25, 0.3) is 11.2 Å². The van der Waals surface area contributed by atoms with Gasteiger partial charge in [0.15, 0.2) is 11.2 Å². The molecule has 10 nitrogen and oxygen atoms in total. The van der Waals surface area contributed by atoms with E-state index >= 15 is 0 Å². The Hall–Kier alpha value is -3.17. The van der Waals surface area contributed by atoms with Gasteiger partial charge in [-0.1, -0.05) is 40.5 Å². The summed E-state index contributed by atoms with van der Waals surface area (Å²) < 4.78 is 5.19. The van der Waals surface area contributed by atoms with Gasteiger partial charge in [-0.2, -0.15) is 5.10 Å². The summed E-state index contributed by atoms with van der Waals surface area (Å²) in [6.07, 6.45) is 5.99. The average molecular weight is 458 g/mol. The Morgan fingerprint density at radius 1 is 1.12 bits per heavy atom. The number of nitrogens with one attached hydrogen (secondary N) is 2. The number of H-pyrrole nitrogens is 1. The first-order valence-electron chi connectivity index (χ1n) is 11.9. The fourth-order valence-electron chi connectivity index (χ4n) is 3.85. The zero-order chi connectivity index (χ0) is 24.0. The van der Waals surface area contributed by atoms with Gasteiger partial charge in [-0.3, -0.25) is 19.1 Å². The van der Waals surface area contributed by atoms with Crippen LogP contribution < -0.4 is 16.6 Å². The number of unbranched alkanes of at least 4 members (excludes halogenated alkanes) is 2. The smallest absolute Gasteiger partial charge is 0.322 e. The lowest BCUT2D eigenvalue weighted by Crippen LogP contribution is -2.31. The van der Waals surface area contributed by atoms with Gasteiger partial charge in [-0.25, -0.2) is 14.5 Å². The zero-order valence-corrected chi connectivity index (χ0v) is 20.1. The van der Waals surface area contributed by atoms with E-state index in [1.165, 1.54) is 4.57 Å². The van der Waals surface area contributed by atoms with Crippen LogP contribution in [0.5, 0.6) is 0 Å².